The molecule has 0 aliphatic carbocycles. The van der Waals surface area contributed by atoms with Crippen molar-refractivity contribution in [2.24, 2.45) is 0 Å². The summed E-state index contributed by atoms with van der Waals surface area (Å²) in [6.45, 7) is 3.57. The molecule has 6 heteroatoms. The van der Waals surface area contributed by atoms with E-state index in [1.165, 1.54) is 4.70 Å². The lowest BCUT2D eigenvalue weighted by molar-refractivity contribution is 0.622. The summed E-state index contributed by atoms with van der Waals surface area (Å²) in [5.41, 5.74) is 3.99. The molecule has 0 saturated heterocycles. The maximum absolute atomic E-state index is 4.26. The zero-order chi connectivity index (χ0) is 12.4. The highest BCUT2D eigenvalue weighted by atomic mass is 32.1. The highest BCUT2D eigenvalue weighted by Gasteiger charge is 2.03. The van der Waals surface area contributed by atoms with E-state index in [0.29, 0.717) is 6.54 Å². The molecule has 5 nitrogen and oxygen atoms in total. The van der Waals surface area contributed by atoms with Crippen LogP contribution < -0.4 is 5.32 Å². The Labute approximate surface area is 109 Å². The zero-order valence-electron chi connectivity index (χ0n) is 10.00. The molecule has 0 unspecified atom stereocenters. The lowest BCUT2D eigenvalue weighted by atomic mass is 10.3. The fourth-order valence-electron chi connectivity index (χ4n) is 1.84. The van der Waals surface area contributed by atoms with Crippen LogP contribution in [0.3, 0.4) is 0 Å². The Hall–Kier alpha value is -1.95. The number of fused-ring (bicyclic) bond motifs is 1. The highest BCUT2D eigenvalue weighted by Crippen LogP contribution is 2.21. The van der Waals surface area contributed by atoms with Gasteiger partial charge in [0.15, 0.2) is 0 Å². The smallest absolute Gasteiger partial charge is 0.146 e. The van der Waals surface area contributed by atoms with Gasteiger partial charge in [-0.25, -0.2) is 14.6 Å². The van der Waals surface area contributed by atoms with E-state index in [2.05, 4.69) is 33.4 Å². The highest BCUT2D eigenvalue weighted by molar-refractivity contribution is 7.16. The van der Waals surface area contributed by atoms with Gasteiger partial charge in [0, 0.05) is 12.2 Å². The minimum Gasteiger partial charge on any atom is -0.378 e. The molecular formula is C12H13N5S. The summed E-state index contributed by atoms with van der Waals surface area (Å²) in [4.78, 5) is 8.50. The van der Waals surface area contributed by atoms with Gasteiger partial charge in [-0.15, -0.1) is 11.3 Å². The third-order valence-corrected chi connectivity index (χ3v) is 3.57. The topological polar surface area (TPSA) is 55.6 Å². The first-order valence-electron chi connectivity index (χ1n) is 5.80. The molecular weight excluding hydrogens is 246 g/mol. The fraction of sp³-hybridized carbons (Fsp3) is 0.250. The van der Waals surface area contributed by atoms with Gasteiger partial charge in [-0.2, -0.15) is 5.10 Å². The molecule has 3 rings (SSSR count). The van der Waals surface area contributed by atoms with Crippen LogP contribution in [-0.4, -0.2) is 19.7 Å². The van der Waals surface area contributed by atoms with E-state index in [1.54, 1.807) is 17.7 Å². The Morgan fingerprint density at radius 2 is 2.28 bits per heavy atom. The molecule has 0 fully saturated rings. The predicted molar refractivity (Wildman–Crippen MR) is 72.6 cm³/mol. The van der Waals surface area contributed by atoms with Crippen LogP contribution in [0.4, 0.5) is 5.69 Å². The predicted octanol–water partition coefficient (Wildman–Crippen LogP) is 2.52. The number of hydrogen-bond donors (Lipinski definition) is 1. The molecule has 0 atom stereocenters. The van der Waals surface area contributed by atoms with Crippen molar-refractivity contribution in [3.8, 4) is 0 Å². The molecule has 0 bridgehead atoms. The summed E-state index contributed by atoms with van der Waals surface area (Å²) < 4.78 is 3.08. The maximum Gasteiger partial charge on any atom is 0.146 e. The van der Waals surface area contributed by atoms with Gasteiger partial charge in [-0.05, 0) is 25.1 Å². The minimum atomic E-state index is 0.679. The molecule has 0 saturated carbocycles. The van der Waals surface area contributed by atoms with Gasteiger partial charge in [-0.3, -0.25) is 0 Å². The van der Waals surface area contributed by atoms with Gasteiger partial charge in [0.25, 0.3) is 0 Å². The lowest BCUT2D eigenvalue weighted by Gasteiger charge is -2.06. The van der Waals surface area contributed by atoms with Crippen molar-refractivity contribution in [3.05, 3.63) is 35.9 Å². The molecule has 0 aliphatic heterocycles. The van der Waals surface area contributed by atoms with Crippen LogP contribution >= 0.6 is 11.3 Å². The number of hydrogen-bond acceptors (Lipinski definition) is 5. The van der Waals surface area contributed by atoms with E-state index in [4.69, 9.17) is 0 Å². The second-order valence-electron chi connectivity index (χ2n) is 3.88. The molecule has 92 valence electrons. The van der Waals surface area contributed by atoms with Crippen molar-refractivity contribution < 1.29 is 0 Å². The summed E-state index contributed by atoms with van der Waals surface area (Å²) in [6, 6.07) is 6.17. The molecule has 3 aromatic rings. The number of aromatic nitrogens is 4. The molecule has 2 aromatic heterocycles. The number of anilines is 1. The van der Waals surface area contributed by atoms with E-state index in [0.717, 1.165) is 23.6 Å². The van der Waals surface area contributed by atoms with Gasteiger partial charge in [0.1, 0.15) is 12.2 Å². The van der Waals surface area contributed by atoms with Crippen LogP contribution in [0, 0.1) is 0 Å². The number of benzene rings is 1. The Morgan fingerprint density at radius 3 is 3.17 bits per heavy atom. The van der Waals surface area contributed by atoms with Crippen molar-refractivity contribution >= 4 is 27.2 Å². The normalized spacial score (nSPS) is 10.9. The number of thiazole rings is 1. The Morgan fingerprint density at radius 1 is 1.33 bits per heavy atom. The van der Waals surface area contributed by atoms with Gasteiger partial charge < -0.3 is 5.32 Å². The Kier molecular flexibility index (Phi) is 2.93. The number of rotatable bonds is 4. The van der Waals surface area contributed by atoms with Crippen LogP contribution in [0.1, 0.15) is 12.7 Å². The van der Waals surface area contributed by atoms with Crippen LogP contribution in [0.25, 0.3) is 10.2 Å². The van der Waals surface area contributed by atoms with Crippen LogP contribution in [-0.2, 0) is 13.1 Å². The number of aryl methyl sites for hydroxylation is 1. The van der Waals surface area contributed by atoms with E-state index < -0.39 is 0 Å². The average molecular weight is 259 g/mol. The van der Waals surface area contributed by atoms with Crippen molar-refractivity contribution in [1.82, 2.24) is 19.7 Å². The number of nitrogens with zero attached hydrogens (tertiary/aromatic N) is 4. The van der Waals surface area contributed by atoms with Crippen molar-refractivity contribution in [2.75, 3.05) is 5.32 Å². The third-order valence-electron chi connectivity index (χ3n) is 2.78. The average Bonchev–Trinajstić information content (AvgIpc) is 3.04. The summed E-state index contributed by atoms with van der Waals surface area (Å²) >= 11 is 1.65. The molecule has 0 radical (unpaired) electrons. The largest absolute Gasteiger partial charge is 0.378 e. The Bertz CT molecular complexity index is 657. The summed E-state index contributed by atoms with van der Waals surface area (Å²) in [5.74, 6) is 0.946. The van der Waals surface area contributed by atoms with Crippen molar-refractivity contribution in [2.45, 2.75) is 20.0 Å². The SMILES string of the molecule is CCn1ncnc1CNc1ccc2ncsc2c1. The first-order valence-corrected chi connectivity index (χ1v) is 6.68. The fourth-order valence-corrected chi connectivity index (χ4v) is 2.55. The molecule has 1 aromatic carbocycles. The number of nitrogens with one attached hydrogen (secondary N) is 1. The van der Waals surface area contributed by atoms with E-state index in [9.17, 15) is 0 Å². The van der Waals surface area contributed by atoms with Crippen LogP contribution in [0.5, 0.6) is 0 Å². The molecule has 2 heterocycles. The van der Waals surface area contributed by atoms with Crippen molar-refractivity contribution in [3.63, 3.8) is 0 Å². The molecule has 1 N–H and O–H groups in total. The van der Waals surface area contributed by atoms with Gasteiger partial charge in [0.05, 0.1) is 22.3 Å². The molecule has 0 spiro atoms. The first kappa shape index (κ1) is 11.2. The second-order valence-corrected chi connectivity index (χ2v) is 4.77. The lowest BCUT2D eigenvalue weighted by Crippen LogP contribution is -2.08. The van der Waals surface area contributed by atoms with Crippen LogP contribution in [0.2, 0.25) is 0 Å². The summed E-state index contributed by atoms with van der Waals surface area (Å²) in [5, 5.41) is 7.51. The second kappa shape index (κ2) is 4.73. The van der Waals surface area contributed by atoms with E-state index in [1.807, 2.05) is 22.3 Å². The summed E-state index contributed by atoms with van der Waals surface area (Å²) in [7, 11) is 0. The molecule has 0 amide bonds. The quantitative estimate of drug-likeness (QED) is 0.782. The summed E-state index contributed by atoms with van der Waals surface area (Å²) in [6.07, 6.45) is 1.59. The zero-order valence-corrected chi connectivity index (χ0v) is 10.8. The van der Waals surface area contributed by atoms with Gasteiger partial charge in [-0.1, -0.05) is 0 Å². The monoisotopic (exact) mass is 259 g/mol. The Balaban J connectivity index is 1.76. The molecule has 0 aliphatic rings. The van der Waals surface area contributed by atoms with Gasteiger partial charge in [0.2, 0.25) is 0 Å². The van der Waals surface area contributed by atoms with E-state index >= 15 is 0 Å². The van der Waals surface area contributed by atoms with Crippen LogP contribution in [0.15, 0.2) is 30.0 Å². The van der Waals surface area contributed by atoms with Crippen molar-refractivity contribution in [1.29, 1.82) is 0 Å². The minimum absolute atomic E-state index is 0.679. The molecule has 18 heavy (non-hydrogen) atoms. The first-order chi connectivity index (χ1) is 8.86. The van der Waals surface area contributed by atoms with Gasteiger partial charge >= 0.3 is 0 Å². The van der Waals surface area contributed by atoms with E-state index in [-0.39, 0.29) is 0 Å². The third kappa shape index (κ3) is 2.06. The maximum atomic E-state index is 4.26. The standard InChI is InChI=1S/C12H13N5S/c1-2-17-12(14-7-16-17)6-13-9-3-4-10-11(5-9)18-8-15-10/h3-5,7-8,13H,2,6H2,1H3.